The molecule has 0 aromatic carbocycles. The van der Waals surface area contributed by atoms with Crippen LogP contribution < -0.4 is 0 Å². The van der Waals surface area contributed by atoms with Crippen LogP contribution in [0.25, 0.3) is 5.53 Å². The Labute approximate surface area is 80.7 Å². The molecule has 1 atom stereocenters. The van der Waals surface area contributed by atoms with Crippen molar-refractivity contribution >= 4 is 17.3 Å². The van der Waals surface area contributed by atoms with E-state index in [-0.39, 0.29) is 10.7 Å². The molecule has 0 spiro atoms. The highest BCUT2D eigenvalue weighted by atomic mass is 35.5. The third-order valence-corrected chi connectivity index (χ3v) is 2.12. The van der Waals surface area contributed by atoms with Crippen molar-refractivity contribution in [3.63, 3.8) is 0 Å². The van der Waals surface area contributed by atoms with Gasteiger partial charge in [-0.15, -0.1) is 0 Å². The number of rotatable bonds is 1. The fraction of sp³-hybridized carbons (Fsp3) is 0.375. The fourth-order valence-corrected chi connectivity index (χ4v) is 1.38. The normalized spacial score (nSPS) is 21.8. The highest BCUT2D eigenvalue weighted by Crippen LogP contribution is 2.24. The summed E-state index contributed by atoms with van der Waals surface area (Å²) in [6.07, 6.45) is 1.47. The van der Waals surface area contributed by atoms with Crippen LogP contribution in [-0.2, 0) is 0 Å². The molecule has 0 aromatic rings. The second-order valence-electron chi connectivity index (χ2n) is 2.85. The van der Waals surface area contributed by atoms with Crippen molar-refractivity contribution in [2.75, 3.05) is 14.1 Å². The summed E-state index contributed by atoms with van der Waals surface area (Å²) >= 11 is 5.72. The first kappa shape index (κ1) is 9.96. The van der Waals surface area contributed by atoms with E-state index >= 15 is 0 Å². The Hall–Kier alpha value is -1.12. The number of likely N-dealkylation sites (N-methyl/N-ethyl adjacent to an activating group) is 1. The maximum absolute atomic E-state index is 13.3. The monoisotopic (exact) mass is 201 g/mol. The summed E-state index contributed by atoms with van der Waals surface area (Å²) in [7, 11) is 3.52. The maximum Gasteiger partial charge on any atom is 0.331 e. The third kappa shape index (κ3) is 1.79. The van der Waals surface area contributed by atoms with Crippen LogP contribution in [0.15, 0.2) is 22.9 Å². The van der Waals surface area contributed by atoms with E-state index in [1.54, 1.807) is 25.1 Å². The first-order chi connectivity index (χ1) is 6.07. The van der Waals surface area contributed by atoms with Crippen LogP contribution in [0.3, 0.4) is 0 Å². The zero-order valence-electron chi connectivity index (χ0n) is 7.33. The summed E-state index contributed by atoms with van der Waals surface area (Å²) in [5.74, 6) is 0. The van der Waals surface area contributed by atoms with Gasteiger partial charge in [0.05, 0.1) is 10.7 Å². The van der Waals surface area contributed by atoms with Crippen molar-refractivity contribution in [2.45, 2.75) is 6.17 Å². The quantitative estimate of drug-likeness (QED) is 0.469. The van der Waals surface area contributed by atoms with Gasteiger partial charge in [-0.25, -0.2) is 4.39 Å². The lowest BCUT2D eigenvalue weighted by molar-refractivity contribution is -0.0110. The van der Waals surface area contributed by atoms with E-state index < -0.39 is 6.17 Å². The molecular weight excluding hydrogens is 193 g/mol. The summed E-state index contributed by atoms with van der Waals surface area (Å²) < 4.78 is 13.3. The number of hydrogen-bond donors (Lipinski definition) is 0. The predicted molar refractivity (Wildman–Crippen MR) is 49.2 cm³/mol. The van der Waals surface area contributed by atoms with Gasteiger partial charge >= 0.3 is 5.71 Å². The number of hydrogen-bond acceptors (Lipinski definition) is 1. The van der Waals surface area contributed by atoms with E-state index in [1.165, 1.54) is 6.08 Å². The first-order valence-corrected chi connectivity index (χ1v) is 4.06. The first-order valence-electron chi connectivity index (χ1n) is 3.69. The summed E-state index contributed by atoms with van der Waals surface area (Å²) in [5, 5.41) is 0.0419. The minimum Gasteiger partial charge on any atom is -0.377 e. The molecule has 1 rings (SSSR count). The number of halogens is 2. The number of nitrogens with zero attached hydrogens (tertiary/aromatic N) is 3. The molecule has 0 aromatic heterocycles. The van der Waals surface area contributed by atoms with Crippen LogP contribution in [0.4, 0.5) is 4.39 Å². The highest BCUT2D eigenvalue weighted by molar-refractivity contribution is 6.33. The summed E-state index contributed by atoms with van der Waals surface area (Å²) in [6.45, 7) is 0. The lowest BCUT2D eigenvalue weighted by atomic mass is 10.1. The smallest absolute Gasteiger partial charge is 0.331 e. The molecular formula is C8H9ClFN3. The SMILES string of the molecule is CN(C)C1=C(Cl)C(F)C(=[N+]=[N-])C=C1. The van der Waals surface area contributed by atoms with Crippen molar-refractivity contribution in [1.29, 1.82) is 0 Å². The molecule has 0 fully saturated rings. The third-order valence-electron chi connectivity index (χ3n) is 1.74. The van der Waals surface area contributed by atoms with Crippen LogP contribution in [0.5, 0.6) is 0 Å². The highest BCUT2D eigenvalue weighted by Gasteiger charge is 2.30. The Balaban J connectivity index is 3.11. The van der Waals surface area contributed by atoms with Crippen LogP contribution >= 0.6 is 11.6 Å². The molecule has 1 aliphatic rings. The standard InChI is InChI=1S/C8H9ClFN3/c1-13(2)6-4-3-5(12-11)8(10)7(6)9/h3-4,8H,1-2H3. The Morgan fingerprint density at radius 1 is 1.54 bits per heavy atom. The van der Waals surface area contributed by atoms with Gasteiger partial charge in [-0.1, -0.05) is 11.6 Å². The van der Waals surface area contributed by atoms with Crippen LogP contribution in [0.2, 0.25) is 0 Å². The van der Waals surface area contributed by atoms with Crippen LogP contribution in [0.1, 0.15) is 0 Å². The van der Waals surface area contributed by atoms with Gasteiger partial charge in [-0.3, -0.25) is 0 Å². The molecule has 0 heterocycles. The largest absolute Gasteiger partial charge is 0.377 e. The van der Waals surface area contributed by atoms with Crippen molar-refractivity contribution in [1.82, 2.24) is 4.90 Å². The Morgan fingerprint density at radius 3 is 2.62 bits per heavy atom. The fourth-order valence-electron chi connectivity index (χ4n) is 1.03. The van der Waals surface area contributed by atoms with E-state index in [1.807, 2.05) is 0 Å². The average molecular weight is 202 g/mol. The summed E-state index contributed by atoms with van der Waals surface area (Å²) in [6, 6.07) is 0. The Bertz CT molecular complexity index is 326. The maximum atomic E-state index is 13.3. The van der Waals surface area contributed by atoms with E-state index in [0.717, 1.165) is 0 Å². The molecule has 70 valence electrons. The summed E-state index contributed by atoms with van der Waals surface area (Å²) in [4.78, 5) is 4.48. The molecule has 1 unspecified atom stereocenters. The van der Waals surface area contributed by atoms with Gasteiger partial charge in [0, 0.05) is 20.2 Å². The van der Waals surface area contributed by atoms with Crippen molar-refractivity contribution in [3.05, 3.63) is 28.4 Å². The average Bonchev–Trinajstić information content (AvgIpc) is 2.09. The van der Waals surface area contributed by atoms with Gasteiger partial charge in [0.25, 0.3) is 0 Å². The van der Waals surface area contributed by atoms with Crippen LogP contribution in [0, 0.1) is 0 Å². The van der Waals surface area contributed by atoms with Gasteiger partial charge in [-0.2, -0.15) is 4.79 Å². The van der Waals surface area contributed by atoms with Crippen molar-refractivity contribution in [2.24, 2.45) is 0 Å². The zero-order valence-corrected chi connectivity index (χ0v) is 8.09. The second kappa shape index (κ2) is 3.73. The molecule has 0 bridgehead atoms. The topological polar surface area (TPSA) is 39.6 Å². The molecule has 1 aliphatic carbocycles. The molecule has 0 N–H and O–H groups in total. The molecule has 13 heavy (non-hydrogen) atoms. The molecule has 0 saturated carbocycles. The molecule has 0 saturated heterocycles. The van der Waals surface area contributed by atoms with Gasteiger partial charge in [-0.05, 0) is 6.08 Å². The number of alkyl halides is 1. The number of allylic oxidation sites excluding steroid dienone is 3. The van der Waals surface area contributed by atoms with E-state index in [4.69, 9.17) is 17.1 Å². The molecule has 0 aliphatic heterocycles. The molecule has 0 amide bonds. The van der Waals surface area contributed by atoms with E-state index in [9.17, 15) is 4.39 Å². The minimum absolute atomic E-state index is 0.0419. The lowest BCUT2D eigenvalue weighted by Crippen LogP contribution is -2.24. The summed E-state index contributed by atoms with van der Waals surface area (Å²) in [5.41, 5.74) is 8.92. The Kier molecular flexibility index (Phi) is 2.86. The molecule has 5 heteroatoms. The van der Waals surface area contributed by atoms with Crippen LogP contribution in [-0.4, -0.2) is 35.7 Å². The molecule has 3 nitrogen and oxygen atoms in total. The van der Waals surface area contributed by atoms with Gasteiger partial charge in [0.15, 0.2) is 0 Å². The van der Waals surface area contributed by atoms with E-state index in [2.05, 4.69) is 4.79 Å². The van der Waals surface area contributed by atoms with Gasteiger partial charge in [0.1, 0.15) is 0 Å². The molecule has 0 radical (unpaired) electrons. The second-order valence-corrected chi connectivity index (χ2v) is 3.26. The lowest BCUT2D eigenvalue weighted by Gasteiger charge is -2.18. The minimum atomic E-state index is -1.53. The van der Waals surface area contributed by atoms with E-state index in [0.29, 0.717) is 5.70 Å². The Morgan fingerprint density at radius 2 is 2.15 bits per heavy atom. The van der Waals surface area contributed by atoms with Crippen molar-refractivity contribution < 1.29 is 9.18 Å². The van der Waals surface area contributed by atoms with Gasteiger partial charge < -0.3 is 10.4 Å². The zero-order chi connectivity index (χ0) is 10.0. The predicted octanol–water partition coefficient (Wildman–Crippen LogP) is 1.58. The van der Waals surface area contributed by atoms with Crippen molar-refractivity contribution in [3.8, 4) is 0 Å². The van der Waals surface area contributed by atoms with Gasteiger partial charge in [0.2, 0.25) is 6.17 Å².